The summed E-state index contributed by atoms with van der Waals surface area (Å²) in [5.74, 6) is 0. The van der Waals surface area contributed by atoms with Gasteiger partial charge in [-0.2, -0.15) is 0 Å². The molecule has 1 heterocycles. The zero-order valence-electron chi connectivity index (χ0n) is 14.0. The molecule has 1 aromatic heterocycles. The number of halogens is 1. The molecule has 0 saturated carbocycles. The van der Waals surface area contributed by atoms with Gasteiger partial charge in [0.1, 0.15) is 0 Å². The van der Waals surface area contributed by atoms with Crippen LogP contribution in [-0.4, -0.2) is 4.57 Å². The summed E-state index contributed by atoms with van der Waals surface area (Å²) in [6.07, 6.45) is 1.70. The summed E-state index contributed by atoms with van der Waals surface area (Å²) in [7, 11) is 0. The molecule has 4 rings (SSSR count). The van der Waals surface area contributed by atoms with Crippen LogP contribution in [-0.2, 0) is 0 Å². The molecule has 0 bridgehead atoms. The second-order valence-electron chi connectivity index (χ2n) is 6.03. The average molecular weight is 358 g/mol. The first kappa shape index (κ1) is 16.4. The Bertz CT molecular complexity index is 1180. The predicted octanol–water partition coefficient (Wildman–Crippen LogP) is 5.95. The Balaban J connectivity index is 2.09. The van der Waals surface area contributed by atoms with Gasteiger partial charge in [-0.3, -0.25) is 9.36 Å². The van der Waals surface area contributed by atoms with Crippen LogP contribution < -0.4 is 5.56 Å². The van der Waals surface area contributed by atoms with E-state index < -0.39 is 0 Å². The molecular formula is C23H16ClNO. The van der Waals surface area contributed by atoms with Crippen molar-refractivity contribution in [3.63, 3.8) is 0 Å². The maximum absolute atomic E-state index is 12.7. The van der Waals surface area contributed by atoms with Crippen LogP contribution in [0.25, 0.3) is 33.8 Å². The van der Waals surface area contributed by atoms with E-state index in [2.05, 4.69) is 6.58 Å². The molecule has 0 aliphatic carbocycles. The van der Waals surface area contributed by atoms with Crippen molar-refractivity contribution in [1.82, 2.24) is 4.57 Å². The number of pyridine rings is 1. The third-order valence-electron chi connectivity index (χ3n) is 4.46. The van der Waals surface area contributed by atoms with E-state index in [1.807, 2.05) is 72.8 Å². The summed E-state index contributed by atoms with van der Waals surface area (Å²) in [6.45, 7) is 3.89. The van der Waals surface area contributed by atoms with Crippen LogP contribution in [0.3, 0.4) is 0 Å². The average Bonchev–Trinajstić information content (AvgIpc) is 2.68. The van der Waals surface area contributed by atoms with Crippen LogP contribution in [0.4, 0.5) is 0 Å². The lowest BCUT2D eigenvalue weighted by Gasteiger charge is -2.16. The number of hydrogen-bond acceptors (Lipinski definition) is 1. The molecule has 0 fully saturated rings. The first-order chi connectivity index (χ1) is 12.7. The molecule has 0 atom stereocenters. The van der Waals surface area contributed by atoms with Gasteiger partial charge in [0, 0.05) is 11.6 Å². The van der Waals surface area contributed by atoms with Crippen LogP contribution in [0.15, 0.2) is 90.2 Å². The lowest BCUT2D eigenvalue weighted by Crippen LogP contribution is -2.18. The van der Waals surface area contributed by atoms with Crippen molar-refractivity contribution in [2.45, 2.75) is 0 Å². The van der Waals surface area contributed by atoms with Gasteiger partial charge in [-0.15, -0.1) is 0 Å². The van der Waals surface area contributed by atoms with Crippen molar-refractivity contribution < 1.29 is 0 Å². The predicted molar refractivity (Wildman–Crippen MR) is 110 cm³/mol. The third kappa shape index (κ3) is 2.75. The van der Waals surface area contributed by atoms with E-state index >= 15 is 0 Å². The Hall–Kier alpha value is -3.10. The highest BCUT2D eigenvalue weighted by Crippen LogP contribution is 2.32. The van der Waals surface area contributed by atoms with Crippen molar-refractivity contribution >= 4 is 28.6 Å². The van der Waals surface area contributed by atoms with Gasteiger partial charge in [-0.1, -0.05) is 72.8 Å². The van der Waals surface area contributed by atoms with Crippen molar-refractivity contribution in [2.24, 2.45) is 0 Å². The molecule has 3 aromatic carbocycles. The lowest BCUT2D eigenvalue weighted by atomic mass is 10.0. The van der Waals surface area contributed by atoms with Gasteiger partial charge in [0.05, 0.1) is 16.2 Å². The highest BCUT2D eigenvalue weighted by Gasteiger charge is 2.13. The molecule has 26 heavy (non-hydrogen) atoms. The van der Waals surface area contributed by atoms with E-state index in [-0.39, 0.29) is 5.56 Å². The van der Waals surface area contributed by atoms with Crippen molar-refractivity contribution in [3.8, 4) is 16.8 Å². The zero-order chi connectivity index (χ0) is 18.1. The number of para-hydroxylation sites is 1. The molecule has 3 heteroatoms. The summed E-state index contributed by atoms with van der Waals surface area (Å²) in [4.78, 5) is 12.7. The zero-order valence-corrected chi connectivity index (χ0v) is 14.8. The van der Waals surface area contributed by atoms with E-state index in [0.29, 0.717) is 5.02 Å². The van der Waals surface area contributed by atoms with Gasteiger partial charge in [-0.05, 0) is 40.8 Å². The van der Waals surface area contributed by atoms with Gasteiger partial charge < -0.3 is 0 Å². The molecule has 0 spiro atoms. The smallest absolute Gasteiger partial charge is 0.255 e. The molecule has 4 aromatic rings. The first-order valence-electron chi connectivity index (χ1n) is 8.31. The summed E-state index contributed by atoms with van der Waals surface area (Å²) < 4.78 is 1.70. The normalized spacial score (nSPS) is 10.8. The summed E-state index contributed by atoms with van der Waals surface area (Å²) >= 11 is 6.55. The summed E-state index contributed by atoms with van der Waals surface area (Å²) in [5.41, 5.74) is 4.20. The second kappa shape index (κ2) is 6.66. The SMILES string of the molecule is C=Cc1c(Cl)cc(-c2ccccc2)cc1-n1c(=O)ccc2ccccc21. The topological polar surface area (TPSA) is 22.0 Å². The van der Waals surface area contributed by atoms with Gasteiger partial charge in [0.2, 0.25) is 0 Å². The van der Waals surface area contributed by atoms with Crippen LogP contribution in [0.1, 0.15) is 5.56 Å². The molecule has 0 aliphatic rings. The Morgan fingerprint density at radius 1 is 0.846 bits per heavy atom. The standard InChI is InChI=1S/C23H16ClNO/c1-2-19-20(24)14-18(16-8-4-3-5-9-16)15-22(19)25-21-11-7-6-10-17(21)12-13-23(25)26/h2-15H,1H2. The van der Waals surface area contributed by atoms with E-state index in [1.54, 1.807) is 16.7 Å². The highest BCUT2D eigenvalue weighted by atomic mass is 35.5. The highest BCUT2D eigenvalue weighted by molar-refractivity contribution is 6.32. The summed E-state index contributed by atoms with van der Waals surface area (Å²) in [6, 6.07) is 25.1. The fourth-order valence-corrected chi connectivity index (χ4v) is 3.51. The molecule has 0 amide bonds. The lowest BCUT2D eigenvalue weighted by molar-refractivity contribution is 1.04. The van der Waals surface area contributed by atoms with Gasteiger partial charge in [-0.25, -0.2) is 0 Å². The Labute approximate surface area is 156 Å². The number of fused-ring (bicyclic) bond motifs is 1. The van der Waals surface area contributed by atoms with Crippen molar-refractivity contribution in [1.29, 1.82) is 0 Å². The second-order valence-corrected chi connectivity index (χ2v) is 6.43. The van der Waals surface area contributed by atoms with E-state index in [1.165, 1.54) is 0 Å². The maximum Gasteiger partial charge on any atom is 0.255 e. The third-order valence-corrected chi connectivity index (χ3v) is 4.78. The quantitative estimate of drug-likeness (QED) is 0.443. The molecule has 0 unspecified atom stereocenters. The van der Waals surface area contributed by atoms with Crippen molar-refractivity contribution in [2.75, 3.05) is 0 Å². The number of aromatic nitrogens is 1. The molecule has 0 N–H and O–H groups in total. The minimum atomic E-state index is -0.104. The van der Waals surface area contributed by atoms with Gasteiger partial charge >= 0.3 is 0 Å². The minimum Gasteiger partial charge on any atom is -0.276 e. The Kier molecular flexibility index (Phi) is 4.19. The van der Waals surface area contributed by atoms with Crippen LogP contribution >= 0.6 is 11.6 Å². The molecule has 2 nitrogen and oxygen atoms in total. The van der Waals surface area contributed by atoms with E-state index in [9.17, 15) is 4.79 Å². The molecule has 0 aliphatic heterocycles. The Morgan fingerprint density at radius 3 is 2.35 bits per heavy atom. The maximum atomic E-state index is 12.7. The number of rotatable bonds is 3. The Morgan fingerprint density at radius 2 is 1.58 bits per heavy atom. The first-order valence-corrected chi connectivity index (χ1v) is 8.69. The minimum absolute atomic E-state index is 0.104. The van der Waals surface area contributed by atoms with Crippen LogP contribution in [0, 0.1) is 0 Å². The fourth-order valence-electron chi connectivity index (χ4n) is 3.22. The largest absolute Gasteiger partial charge is 0.276 e. The molecule has 0 radical (unpaired) electrons. The van der Waals surface area contributed by atoms with Crippen LogP contribution in [0.5, 0.6) is 0 Å². The molecule has 0 saturated heterocycles. The van der Waals surface area contributed by atoms with Gasteiger partial charge in [0.15, 0.2) is 0 Å². The molecular weight excluding hydrogens is 342 g/mol. The number of nitrogens with zero attached hydrogens (tertiary/aromatic N) is 1. The van der Waals surface area contributed by atoms with E-state index in [4.69, 9.17) is 11.6 Å². The fraction of sp³-hybridized carbons (Fsp3) is 0. The van der Waals surface area contributed by atoms with Crippen LogP contribution in [0.2, 0.25) is 5.02 Å². The van der Waals surface area contributed by atoms with Crippen molar-refractivity contribution in [3.05, 3.63) is 106 Å². The monoisotopic (exact) mass is 357 g/mol. The summed E-state index contributed by atoms with van der Waals surface area (Å²) in [5, 5.41) is 1.56. The molecule has 126 valence electrons. The number of hydrogen-bond donors (Lipinski definition) is 0. The van der Waals surface area contributed by atoms with Gasteiger partial charge in [0.25, 0.3) is 5.56 Å². The number of benzene rings is 3. The van der Waals surface area contributed by atoms with E-state index in [0.717, 1.165) is 33.3 Å².